The number of nitrogens with one attached hydrogen (secondary N) is 1. The highest BCUT2D eigenvalue weighted by Crippen LogP contribution is 2.20. The van der Waals surface area contributed by atoms with Crippen molar-refractivity contribution in [3.63, 3.8) is 0 Å². The Morgan fingerprint density at radius 1 is 1.27 bits per heavy atom. The minimum atomic E-state index is -0.214. The first kappa shape index (κ1) is 15.2. The molecule has 0 spiro atoms. The number of likely N-dealkylation sites (tertiary alicyclic amines) is 1. The van der Waals surface area contributed by atoms with Crippen molar-refractivity contribution in [3.05, 3.63) is 53.9 Å². The van der Waals surface area contributed by atoms with E-state index < -0.39 is 0 Å². The van der Waals surface area contributed by atoms with Gasteiger partial charge in [-0.2, -0.15) is 5.10 Å². The fourth-order valence-electron chi connectivity index (χ4n) is 3.13. The molecule has 118 valence electrons. The number of nitrogens with zero attached hydrogens (tertiary/aromatic N) is 3. The number of aliphatic hydroxyl groups is 1. The molecule has 1 fully saturated rings. The van der Waals surface area contributed by atoms with Crippen molar-refractivity contribution in [1.29, 1.82) is 0 Å². The number of aromatic nitrogens is 2. The van der Waals surface area contributed by atoms with Crippen LogP contribution in [0.5, 0.6) is 0 Å². The topological polar surface area (TPSA) is 53.3 Å². The summed E-state index contributed by atoms with van der Waals surface area (Å²) in [7, 11) is 1.93. The molecule has 0 aliphatic carbocycles. The van der Waals surface area contributed by atoms with E-state index in [9.17, 15) is 5.11 Å². The second-order valence-corrected chi connectivity index (χ2v) is 6.11. The molecular formula is C17H24N4O. The lowest BCUT2D eigenvalue weighted by Gasteiger charge is -2.24. The van der Waals surface area contributed by atoms with Gasteiger partial charge in [0.25, 0.3) is 0 Å². The Morgan fingerprint density at radius 3 is 2.82 bits per heavy atom. The number of aryl methyl sites for hydroxylation is 1. The first-order valence-corrected chi connectivity index (χ1v) is 7.85. The molecule has 2 heterocycles. The zero-order chi connectivity index (χ0) is 15.4. The number of hydrogen-bond donors (Lipinski definition) is 2. The van der Waals surface area contributed by atoms with Crippen molar-refractivity contribution in [1.82, 2.24) is 20.0 Å². The lowest BCUT2D eigenvalue weighted by atomic mass is 10.1. The Bertz CT molecular complexity index is 583. The van der Waals surface area contributed by atoms with Crippen molar-refractivity contribution < 1.29 is 5.11 Å². The van der Waals surface area contributed by atoms with Gasteiger partial charge in [0, 0.05) is 51.0 Å². The van der Waals surface area contributed by atoms with Crippen LogP contribution in [0, 0.1) is 0 Å². The Hall–Kier alpha value is -1.69. The van der Waals surface area contributed by atoms with Crippen LogP contribution in [-0.4, -0.2) is 45.0 Å². The SMILES string of the molecule is Cn1cc(CNCC2CC(O)CN2Cc2ccccc2)cn1. The molecule has 2 N–H and O–H groups in total. The molecule has 5 heteroatoms. The van der Waals surface area contributed by atoms with E-state index in [1.807, 2.05) is 30.2 Å². The van der Waals surface area contributed by atoms with Crippen LogP contribution in [0.4, 0.5) is 0 Å². The second-order valence-electron chi connectivity index (χ2n) is 6.11. The van der Waals surface area contributed by atoms with Crippen LogP contribution in [0.25, 0.3) is 0 Å². The van der Waals surface area contributed by atoms with Gasteiger partial charge in [-0.3, -0.25) is 9.58 Å². The van der Waals surface area contributed by atoms with Crippen molar-refractivity contribution in [2.75, 3.05) is 13.1 Å². The fourth-order valence-corrected chi connectivity index (χ4v) is 3.13. The number of hydrogen-bond acceptors (Lipinski definition) is 4. The molecule has 2 unspecified atom stereocenters. The highest BCUT2D eigenvalue weighted by atomic mass is 16.3. The maximum atomic E-state index is 9.98. The summed E-state index contributed by atoms with van der Waals surface area (Å²) >= 11 is 0. The second kappa shape index (κ2) is 7.05. The average molecular weight is 300 g/mol. The molecule has 5 nitrogen and oxygen atoms in total. The summed E-state index contributed by atoms with van der Waals surface area (Å²) in [4.78, 5) is 2.37. The number of benzene rings is 1. The minimum Gasteiger partial charge on any atom is -0.392 e. The van der Waals surface area contributed by atoms with Gasteiger partial charge < -0.3 is 10.4 Å². The molecule has 0 radical (unpaired) electrons. The fraction of sp³-hybridized carbons (Fsp3) is 0.471. The van der Waals surface area contributed by atoms with Crippen LogP contribution >= 0.6 is 0 Å². The molecular weight excluding hydrogens is 276 g/mol. The van der Waals surface area contributed by atoms with Gasteiger partial charge in [-0.1, -0.05) is 30.3 Å². The molecule has 2 aromatic rings. The van der Waals surface area contributed by atoms with Gasteiger partial charge in [-0.15, -0.1) is 0 Å². The van der Waals surface area contributed by atoms with Crippen LogP contribution in [-0.2, 0) is 20.1 Å². The third-order valence-corrected chi connectivity index (χ3v) is 4.20. The van der Waals surface area contributed by atoms with E-state index in [2.05, 4.69) is 39.6 Å². The third kappa shape index (κ3) is 3.94. The molecule has 3 rings (SSSR count). The quantitative estimate of drug-likeness (QED) is 0.840. The van der Waals surface area contributed by atoms with Crippen LogP contribution in [0.15, 0.2) is 42.7 Å². The molecule has 1 aliphatic heterocycles. The highest BCUT2D eigenvalue weighted by Gasteiger charge is 2.30. The van der Waals surface area contributed by atoms with Crippen LogP contribution < -0.4 is 5.32 Å². The normalized spacial score (nSPS) is 22.3. The van der Waals surface area contributed by atoms with Crippen LogP contribution in [0.1, 0.15) is 17.5 Å². The molecule has 0 amide bonds. The van der Waals surface area contributed by atoms with E-state index in [0.717, 1.165) is 32.6 Å². The zero-order valence-electron chi connectivity index (χ0n) is 13.0. The van der Waals surface area contributed by atoms with Gasteiger partial charge in [0.2, 0.25) is 0 Å². The summed E-state index contributed by atoms with van der Waals surface area (Å²) in [5.41, 5.74) is 2.49. The predicted molar refractivity (Wildman–Crippen MR) is 86.2 cm³/mol. The van der Waals surface area contributed by atoms with Crippen molar-refractivity contribution in [2.45, 2.75) is 31.7 Å². The molecule has 1 aromatic heterocycles. The summed E-state index contributed by atoms with van der Waals surface area (Å²) in [5.74, 6) is 0. The molecule has 2 atom stereocenters. The van der Waals surface area contributed by atoms with Crippen molar-refractivity contribution in [3.8, 4) is 0 Å². The maximum absolute atomic E-state index is 9.98. The smallest absolute Gasteiger partial charge is 0.0682 e. The van der Waals surface area contributed by atoms with Crippen molar-refractivity contribution >= 4 is 0 Å². The minimum absolute atomic E-state index is 0.214. The van der Waals surface area contributed by atoms with Gasteiger partial charge in [-0.25, -0.2) is 0 Å². The first-order valence-electron chi connectivity index (χ1n) is 7.85. The maximum Gasteiger partial charge on any atom is 0.0682 e. The van der Waals surface area contributed by atoms with Gasteiger partial charge in [0.1, 0.15) is 0 Å². The Morgan fingerprint density at radius 2 is 2.09 bits per heavy atom. The largest absolute Gasteiger partial charge is 0.392 e. The summed E-state index contributed by atoms with van der Waals surface area (Å²) in [6.07, 6.45) is 4.54. The number of β-amino-alcohol motifs (C(OH)–C–C–N with tert-alkyl or cyclic N) is 1. The third-order valence-electron chi connectivity index (χ3n) is 4.20. The summed E-state index contributed by atoms with van der Waals surface area (Å²) < 4.78 is 1.82. The molecule has 0 bridgehead atoms. The average Bonchev–Trinajstić information content (AvgIpc) is 3.06. The van der Waals surface area contributed by atoms with E-state index in [4.69, 9.17) is 0 Å². The molecule has 1 saturated heterocycles. The Labute approximate surface area is 131 Å². The van der Waals surface area contributed by atoms with E-state index >= 15 is 0 Å². The molecule has 1 aliphatic rings. The molecule has 0 saturated carbocycles. The lowest BCUT2D eigenvalue weighted by Crippen LogP contribution is -2.37. The standard InChI is InChI=1S/C17H24N4O/c1-20-11-15(9-19-20)8-18-10-16-7-17(22)13-21(16)12-14-5-3-2-4-6-14/h2-6,9,11,16-18,22H,7-8,10,12-13H2,1H3. The summed E-state index contributed by atoms with van der Waals surface area (Å²) in [6, 6.07) is 10.8. The number of aliphatic hydroxyl groups excluding tert-OH is 1. The number of rotatable bonds is 6. The van der Waals surface area contributed by atoms with E-state index in [-0.39, 0.29) is 6.10 Å². The Kier molecular flexibility index (Phi) is 4.87. The lowest BCUT2D eigenvalue weighted by molar-refractivity contribution is 0.172. The monoisotopic (exact) mass is 300 g/mol. The van der Waals surface area contributed by atoms with Gasteiger partial charge in [-0.05, 0) is 12.0 Å². The zero-order valence-corrected chi connectivity index (χ0v) is 13.0. The molecule has 22 heavy (non-hydrogen) atoms. The summed E-state index contributed by atoms with van der Waals surface area (Å²) in [6.45, 7) is 3.36. The van der Waals surface area contributed by atoms with Crippen molar-refractivity contribution in [2.24, 2.45) is 7.05 Å². The molecule has 1 aromatic carbocycles. The Balaban J connectivity index is 1.52. The van der Waals surface area contributed by atoms with Crippen LogP contribution in [0.3, 0.4) is 0 Å². The predicted octanol–water partition coefficient (Wildman–Crippen LogP) is 1.15. The van der Waals surface area contributed by atoms with Gasteiger partial charge >= 0.3 is 0 Å². The van der Waals surface area contributed by atoms with Gasteiger partial charge in [0.05, 0.1) is 12.3 Å². The van der Waals surface area contributed by atoms with Gasteiger partial charge in [0.15, 0.2) is 0 Å². The first-order chi connectivity index (χ1) is 10.7. The van der Waals surface area contributed by atoms with E-state index in [1.165, 1.54) is 11.1 Å². The van der Waals surface area contributed by atoms with Crippen LogP contribution in [0.2, 0.25) is 0 Å². The van der Waals surface area contributed by atoms with E-state index in [0.29, 0.717) is 6.04 Å². The van der Waals surface area contributed by atoms with E-state index in [1.54, 1.807) is 0 Å². The highest BCUT2D eigenvalue weighted by molar-refractivity contribution is 5.15. The summed E-state index contributed by atoms with van der Waals surface area (Å²) in [5, 5.41) is 17.6.